The van der Waals surface area contributed by atoms with Gasteiger partial charge in [0.1, 0.15) is 5.75 Å². The van der Waals surface area contributed by atoms with Crippen molar-refractivity contribution in [3.8, 4) is 17.4 Å². The van der Waals surface area contributed by atoms with Crippen LogP contribution in [0.5, 0.6) is 17.4 Å². The van der Waals surface area contributed by atoms with Crippen molar-refractivity contribution in [2.45, 2.75) is 32.6 Å². The van der Waals surface area contributed by atoms with Crippen LogP contribution in [0, 0.1) is 0 Å². The van der Waals surface area contributed by atoms with Crippen LogP contribution >= 0.6 is 0 Å². The molecule has 0 aliphatic heterocycles. The smallest absolute Gasteiger partial charge is 0.297 e. The largest absolute Gasteiger partial charge is 0.487 e. The number of rotatable bonds is 5. The van der Waals surface area contributed by atoms with Crippen LogP contribution in [-0.4, -0.2) is 17.1 Å². The van der Waals surface area contributed by atoms with Crippen molar-refractivity contribution in [2.75, 3.05) is 7.11 Å². The molecule has 2 rings (SSSR count). The number of H-pyrrole nitrogens is 1. The van der Waals surface area contributed by atoms with E-state index in [2.05, 4.69) is 30.7 Å². The van der Waals surface area contributed by atoms with Crippen molar-refractivity contribution >= 4 is 0 Å². The van der Waals surface area contributed by atoms with Crippen molar-refractivity contribution in [3.63, 3.8) is 0 Å². The van der Waals surface area contributed by atoms with E-state index in [4.69, 9.17) is 9.47 Å². The Kier molecular flexibility index (Phi) is 4.31. The zero-order valence-electron chi connectivity index (χ0n) is 12.8. The molecule has 0 aliphatic carbocycles. The van der Waals surface area contributed by atoms with E-state index in [1.807, 2.05) is 24.3 Å². The summed E-state index contributed by atoms with van der Waals surface area (Å²) in [7, 11) is 1.41. The second-order valence-corrected chi connectivity index (χ2v) is 5.43. The lowest BCUT2D eigenvalue weighted by molar-refractivity contribution is 0.363. The Bertz CT molecular complexity index is 660. The highest BCUT2D eigenvalue weighted by atomic mass is 16.5. The molecule has 1 aromatic heterocycles. The zero-order valence-corrected chi connectivity index (χ0v) is 12.8. The molecule has 112 valence electrons. The molecule has 21 heavy (non-hydrogen) atoms. The van der Waals surface area contributed by atoms with Gasteiger partial charge in [0.15, 0.2) is 0 Å². The summed E-state index contributed by atoms with van der Waals surface area (Å²) in [6.07, 6.45) is 2.34. The van der Waals surface area contributed by atoms with Gasteiger partial charge in [0, 0.05) is 0 Å². The molecular weight excluding hydrogens is 268 g/mol. The van der Waals surface area contributed by atoms with Crippen LogP contribution in [0.1, 0.15) is 32.8 Å². The number of benzene rings is 1. The molecule has 0 radical (unpaired) electrons. The predicted molar refractivity (Wildman–Crippen MR) is 81.2 cm³/mol. The van der Waals surface area contributed by atoms with Gasteiger partial charge in [-0.1, -0.05) is 32.9 Å². The van der Waals surface area contributed by atoms with E-state index in [-0.39, 0.29) is 22.6 Å². The normalized spacial score (nSPS) is 11.2. The Balaban J connectivity index is 2.26. The van der Waals surface area contributed by atoms with Gasteiger partial charge in [-0.3, -0.25) is 4.79 Å². The predicted octanol–water partition coefficient (Wildman–Crippen LogP) is 3.26. The lowest BCUT2D eigenvalue weighted by atomic mass is 9.82. The first-order valence-electron chi connectivity index (χ1n) is 6.88. The fourth-order valence-corrected chi connectivity index (χ4v) is 1.91. The monoisotopic (exact) mass is 288 g/mol. The van der Waals surface area contributed by atoms with Crippen molar-refractivity contribution < 1.29 is 9.47 Å². The number of nitrogens with one attached hydrogen (secondary N) is 1. The maximum absolute atomic E-state index is 11.6. The van der Waals surface area contributed by atoms with Crippen LogP contribution in [0.15, 0.2) is 35.4 Å². The van der Waals surface area contributed by atoms with Gasteiger partial charge >= 0.3 is 0 Å². The first-order valence-corrected chi connectivity index (χ1v) is 6.88. The van der Waals surface area contributed by atoms with Gasteiger partial charge in [0.05, 0.1) is 13.4 Å². The average Bonchev–Trinajstić information content (AvgIpc) is 2.48. The third kappa shape index (κ3) is 3.24. The number of nitrogens with zero attached hydrogens (tertiary/aromatic N) is 1. The lowest BCUT2D eigenvalue weighted by Crippen LogP contribution is -2.15. The zero-order chi connectivity index (χ0) is 15.5. The van der Waals surface area contributed by atoms with E-state index in [9.17, 15) is 4.79 Å². The lowest BCUT2D eigenvalue weighted by Gasteiger charge is -2.23. The standard InChI is InChI=1S/C16H20N2O3/c1-5-16(2,3)11-6-8-12(9-7-11)21-15-13(20-4)14(19)17-10-18-15/h6-10H,5H2,1-4H3,(H,17,18,19). The highest BCUT2D eigenvalue weighted by molar-refractivity contribution is 5.37. The summed E-state index contributed by atoms with van der Waals surface area (Å²) in [5, 5.41) is 0. The second kappa shape index (κ2) is 5.99. The molecule has 0 spiro atoms. The SMILES string of the molecule is CCC(C)(C)c1ccc(Oc2nc[nH]c(=O)c2OC)cc1. The highest BCUT2D eigenvalue weighted by Crippen LogP contribution is 2.30. The van der Waals surface area contributed by atoms with Gasteiger partial charge in [-0.05, 0) is 29.5 Å². The number of aromatic amines is 1. The summed E-state index contributed by atoms with van der Waals surface area (Å²) in [6, 6.07) is 7.79. The minimum absolute atomic E-state index is 0.0652. The van der Waals surface area contributed by atoms with Gasteiger partial charge in [0.2, 0.25) is 5.75 Å². The fraction of sp³-hybridized carbons (Fsp3) is 0.375. The number of ether oxygens (including phenoxy) is 2. The van der Waals surface area contributed by atoms with Crippen molar-refractivity contribution in [3.05, 3.63) is 46.5 Å². The summed E-state index contributed by atoms with van der Waals surface area (Å²) in [4.78, 5) is 18.0. The molecule has 1 aromatic carbocycles. The van der Waals surface area contributed by atoms with E-state index in [0.29, 0.717) is 5.75 Å². The molecule has 5 heteroatoms. The highest BCUT2D eigenvalue weighted by Gasteiger charge is 2.18. The summed E-state index contributed by atoms with van der Waals surface area (Å²) < 4.78 is 10.6. The number of hydrogen-bond donors (Lipinski definition) is 1. The topological polar surface area (TPSA) is 64.2 Å². The van der Waals surface area contributed by atoms with Crippen LogP contribution in [0.4, 0.5) is 0 Å². The quantitative estimate of drug-likeness (QED) is 0.917. The van der Waals surface area contributed by atoms with Crippen LogP contribution in [-0.2, 0) is 5.41 Å². The van der Waals surface area contributed by atoms with Crippen molar-refractivity contribution in [1.29, 1.82) is 0 Å². The third-order valence-electron chi connectivity index (χ3n) is 3.72. The first kappa shape index (κ1) is 15.1. The molecule has 0 amide bonds. The van der Waals surface area contributed by atoms with E-state index < -0.39 is 0 Å². The van der Waals surface area contributed by atoms with Crippen molar-refractivity contribution in [1.82, 2.24) is 9.97 Å². The summed E-state index contributed by atoms with van der Waals surface area (Å²) in [5.41, 5.74) is 0.993. The molecule has 0 saturated carbocycles. The third-order valence-corrected chi connectivity index (χ3v) is 3.72. The van der Waals surface area contributed by atoms with Crippen molar-refractivity contribution in [2.24, 2.45) is 0 Å². The maximum Gasteiger partial charge on any atom is 0.297 e. The Morgan fingerprint density at radius 3 is 2.48 bits per heavy atom. The van der Waals surface area contributed by atoms with Gasteiger partial charge in [-0.2, -0.15) is 0 Å². The molecule has 0 aliphatic rings. The van der Waals surface area contributed by atoms with Crippen LogP contribution in [0.2, 0.25) is 0 Å². The fourth-order valence-electron chi connectivity index (χ4n) is 1.91. The van der Waals surface area contributed by atoms with Crippen LogP contribution in [0.3, 0.4) is 0 Å². The van der Waals surface area contributed by atoms with E-state index >= 15 is 0 Å². The average molecular weight is 288 g/mol. The Labute approximate surface area is 124 Å². The van der Waals surface area contributed by atoms with Crippen LogP contribution < -0.4 is 15.0 Å². The first-order chi connectivity index (χ1) is 9.97. The molecule has 0 bridgehead atoms. The Morgan fingerprint density at radius 2 is 1.90 bits per heavy atom. The summed E-state index contributed by atoms with van der Waals surface area (Å²) in [5.74, 6) is 0.835. The van der Waals surface area contributed by atoms with Crippen LogP contribution in [0.25, 0.3) is 0 Å². The Hall–Kier alpha value is -2.30. The van der Waals surface area contributed by atoms with E-state index in [1.165, 1.54) is 19.0 Å². The van der Waals surface area contributed by atoms with E-state index in [1.54, 1.807) is 0 Å². The molecule has 5 nitrogen and oxygen atoms in total. The Morgan fingerprint density at radius 1 is 1.24 bits per heavy atom. The summed E-state index contributed by atoms with van der Waals surface area (Å²) >= 11 is 0. The number of aromatic nitrogens is 2. The molecule has 1 N–H and O–H groups in total. The van der Waals surface area contributed by atoms with Gasteiger partial charge in [-0.25, -0.2) is 4.98 Å². The van der Waals surface area contributed by atoms with Gasteiger partial charge in [0.25, 0.3) is 11.4 Å². The molecule has 2 aromatic rings. The minimum atomic E-state index is -0.369. The minimum Gasteiger partial charge on any atom is -0.487 e. The molecule has 0 saturated heterocycles. The molecule has 0 atom stereocenters. The number of methoxy groups -OCH3 is 1. The van der Waals surface area contributed by atoms with E-state index in [0.717, 1.165) is 6.42 Å². The molecule has 0 unspecified atom stereocenters. The molecule has 0 fully saturated rings. The van der Waals surface area contributed by atoms with Gasteiger partial charge < -0.3 is 14.5 Å². The molecule has 1 heterocycles. The second-order valence-electron chi connectivity index (χ2n) is 5.43. The summed E-state index contributed by atoms with van der Waals surface area (Å²) in [6.45, 7) is 6.56. The molecular formula is C16H20N2O3. The maximum atomic E-state index is 11.6. The number of hydrogen-bond acceptors (Lipinski definition) is 4. The van der Waals surface area contributed by atoms with Gasteiger partial charge in [-0.15, -0.1) is 0 Å².